The highest BCUT2D eigenvalue weighted by Gasteiger charge is 2.19. The number of benzene rings is 1. The molecule has 0 radical (unpaired) electrons. The van der Waals surface area contributed by atoms with Gasteiger partial charge >= 0.3 is 0 Å². The molecule has 0 atom stereocenters. The third-order valence-corrected chi connectivity index (χ3v) is 6.43. The van der Waals surface area contributed by atoms with Crippen molar-refractivity contribution in [1.82, 2.24) is 24.4 Å². The normalized spacial score (nSPS) is 11.9. The van der Waals surface area contributed by atoms with Crippen LogP contribution in [0.25, 0.3) is 11.4 Å². The minimum absolute atomic E-state index is 0.0994. The molecule has 0 unspecified atom stereocenters. The maximum atomic E-state index is 6.14. The molecule has 0 fully saturated rings. The van der Waals surface area contributed by atoms with Crippen molar-refractivity contribution in [2.24, 2.45) is 0 Å². The second-order valence-electron chi connectivity index (χ2n) is 7.58. The molecule has 3 heterocycles. The molecule has 9 heteroatoms. The summed E-state index contributed by atoms with van der Waals surface area (Å²) in [5.74, 6) is 2.22. The first-order valence-corrected chi connectivity index (χ1v) is 11.2. The number of thioether (sulfide) groups is 1. The van der Waals surface area contributed by atoms with Crippen LogP contribution in [0.1, 0.15) is 37.8 Å². The van der Waals surface area contributed by atoms with Crippen LogP contribution in [0.5, 0.6) is 0 Å². The van der Waals surface area contributed by atoms with Gasteiger partial charge in [-0.25, -0.2) is 0 Å². The molecule has 0 aliphatic rings. The lowest BCUT2D eigenvalue weighted by Gasteiger charge is -2.19. The van der Waals surface area contributed by atoms with Crippen LogP contribution in [0, 0.1) is 0 Å². The summed E-state index contributed by atoms with van der Waals surface area (Å²) in [6.07, 6.45) is 1.67. The van der Waals surface area contributed by atoms with Gasteiger partial charge in [-0.2, -0.15) is 0 Å². The van der Waals surface area contributed by atoms with Gasteiger partial charge < -0.3 is 4.42 Å². The molecule has 0 spiro atoms. The molecular formula is C20H20ClN5OS2. The van der Waals surface area contributed by atoms with Crippen molar-refractivity contribution in [3.63, 3.8) is 0 Å². The minimum atomic E-state index is 0.0994. The van der Waals surface area contributed by atoms with E-state index in [2.05, 4.69) is 69.4 Å². The van der Waals surface area contributed by atoms with E-state index in [1.165, 1.54) is 28.9 Å². The predicted octanol–water partition coefficient (Wildman–Crippen LogP) is 5.68. The number of furan rings is 1. The number of hydrogen-bond acceptors (Lipinski definition) is 7. The van der Waals surface area contributed by atoms with Gasteiger partial charge in [-0.05, 0) is 23.1 Å². The van der Waals surface area contributed by atoms with Gasteiger partial charge in [0.15, 0.2) is 11.0 Å². The number of aromatic nitrogens is 5. The molecule has 0 aliphatic carbocycles. The van der Waals surface area contributed by atoms with Crippen LogP contribution in [0.15, 0.2) is 52.2 Å². The van der Waals surface area contributed by atoms with E-state index in [1.54, 1.807) is 6.26 Å². The van der Waals surface area contributed by atoms with E-state index in [0.717, 1.165) is 28.0 Å². The fourth-order valence-electron chi connectivity index (χ4n) is 2.85. The average molecular weight is 446 g/mol. The van der Waals surface area contributed by atoms with Gasteiger partial charge in [-0.1, -0.05) is 72.9 Å². The lowest BCUT2D eigenvalue weighted by molar-refractivity contribution is 0.485. The Morgan fingerprint density at radius 2 is 1.90 bits per heavy atom. The summed E-state index contributed by atoms with van der Waals surface area (Å²) >= 11 is 8.85. The van der Waals surface area contributed by atoms with Crippen LogP contribution >= 0.6 is 34.9 Å². The van der Waals surface area contributed by atoms with Crippen molar-refractivity contribution in [2.75, 3.05) is 0 Å². The van der Waals surface area contributed by atoms with Gasteiger partial charge in [0, 0.05) is 22.8 Å². The highest BCUT2D eigenvalue weighted by molar-refractivity contribution is 7.98. The second-order valence-corrected chi connectivity index (χ2v) is 9.88. The molecule has 1 aromatic carbocycles. The summed E-state index contributed by atoms with van der Waals surface area (Å²) in [4.78, 5) is 0. The highest BCUT2D eigenvalue weighted by Crippen LogP contribution is 2.31. The zero-order chi connectivity index (χ0) is 20.4. The molecule has 29 heavy (non-hydrogen) atoms. The first-order valence-electron chi connectivity index (χ1n) is 9.08. The Bertz CT molecular complexity index is 1080. The van der Waals surface area contributed by atoms with Gasteiger partial charge in [-0.15, -0.1) is 15.3 Å². The quantitative estimate of drug-likeness (QED) is 0.355. The molecule has 0 aliphatic heterocycles. The standard InChI is InChI=1S/C20H20ClN5OS2/c1-20(2,3)14-8-6-13(7-9-14)18-23-24-19(26(18)11-15-5-4-10-27-15)28-12-16-17(21)29-25-22-16/h4-10H,11-12H2,1-3H3. The lowest BCUT2D eigenvalue weighted by Crippen LogP contribution is -2.10. The smallest absolute Gasteiger partial charge is 0.192 e. The number of nitrogens with zero attached hydrogens (tertiary/aromatic N) is 5. The summed E-state index contributed by atoms with van der Waals surface area (Å²) in [6, 6.07) is 12.3. The van der Waals surface area contributed by atoms with Crippen molar-refractivity contribution in [2.45, 2.75) is 43.6 Å². The van der Waals surface area contributed by atoms with Crippen LogP contribution < -0.4 is 0 Å². The Kier molecular flexibility index (Phi) is 5.76. The Hall–Kier alpha value is -2.16. The number of rotatable bonds is 6. The third-order valence-electron chi connectivity index (χ3n) is 4.47. The topological polar surface area (TPSA) is 69.6 Å². The fraction of sp³-hybridized carbons (Fsp3) is 0.300. The molecule has 4 rings (SSSR count). The molecule has 0 amide bonds. The van der Waals surface area contributed by atoms with Crippen LogP contribution in [-0.2, 0) is 17.7 Å². The SMILES string of the molecule is CC(C)(C)c1ccc(-c2nnc(SCc3nnsc3Cl)n2Cc2ccco2)cc1. The van der Waals surface area contributed by atoms with Crippen LogP contribution in [-0.4, -0.2) is 24.4 Å². The van der Waals surface area contributed by atoms with Crippen molar-refractivity contribution < 1.29 is 4.42 Å². The number of halogens is 1. The van der Waals surface area contributed by atoms with E-state index < -0.39 is 0 Å². The second kappa shape index (κ2) is 8.30. The summed E-state index contributed by atoms with van der Waals surface area (Å²) in [5, 5.41) is 13.7. The van der Waals surface area contributed by atoms with Gasteiger partial charge in [0.2, 0.25) is 0 Å². The van der Waals surface area contributed by atoms with Crippen molar-refractivity contribution in [1.29, 1.82) is 0 Å². The lowest BCUT2D eigenvalue weighted by atomic mass is 9.87. The maximum absolute atomic E-state index is 6.14. The van der Waals surface area contributed by atoms with E-state index in [0.29, 0.717) is 16.6 Å². The molecule has 150 valence electrons. The Morgan fingerprint density at radius 3 is 2.52 bits per heavy atom. The Labute approximate surface area is 182 Å². The number of hydrogen-bond donors (Lipinski definition) is 0. The Morgan fingerprint density at radius 1 is 1.10 bits per heavy atom. The zero-order valence-corrected chi connectivity index (χ0v) is 18.7. The van der Waals surface area contributed by atoms with Crippen molar-refractivity contribution >= 4 is 34.9 Å². The van der Waals surface area contributed by atoms with Gasteiger partial charge in [0.05, 0.1) is 12.8 Å². The monoisotopic (exact) mass is 445 g/mol. The molecule has 4 aromatic rings. The molecule has 0 saturated heterocycles. The minimum Gasteiger partial charge on any atom is -0.467 e. The highest BCUT2D eigenvalue weighted by atomic mass is 35.5. The first kappa shape index (κ1) is 20.1. The summed E-state index contributed by atoms with van der Waals surface area (Å²) in [5.41, 5.74) is 3.14. The van der Waals surface area contributed by atoms with Gasteiger partial charge in [0.25, 0.3) is 0 Å². The summed E-state index contributed by atoms with van der Waals surface area (Å²) < 4.78 is 12.1. The van der Waals surface area contributed by atoms with Crippen LogP contribution in [0.3, 0.4) is 0 Å². The van der Waals surface area contributed by atoms with Crippen LogP contribution in [0.4, 0.5) is 0 Å². The fourth-order valence-corrected chi connectivity index (χ4v) is 4.52. The van der Waals surface area contributed by atoms with E-state index in [1.807, 2.05) is 12.1 Å². The largest absolute Gasteiger partial charge is 0.467 e. The predicted molar refractivity (Wildman–Crippen MR) is 116 cm³/mol. The van der Waals surface area contributed by atoms with Gasteiger partial charge in [-0.3, -0.25) is 4.57 Å². The molecule has 3 aromatic heterocycles. The van der Waals surface area contributed by atoms with E-state index in [-0.39, 0.29) is 5.41 Å². The molecule has 0 bridgehead atoms. The third kappa shape index (κ3) is 4.55. The van der Waals surface area contributed by atoms with E-state index in [4.69, 9.17) is 16.0 Å². The van der Waals surface area contributed by atoms with Crippen LogP contribution in [0.2, 0.25) is 4.34 Å². The summed E-state index contributed by atoms with van der Waals surface area (Å²) in [6.45, 7) is 7.15. The first-order chi connectivity index (χ1) is 13.9. The van der Waals surface area contributed by atoms with E-state index >= 15 is 0 Å². The van der Waals surface area contributed by atoms with Crippen molar-refractivity contribution in [3.8, 4) is 11.4 Å². The Balaban J connectivity index is 1.66. The summed E-state index contributed by atoms with van der Waals surface area (Å²) in [7, 11) is 0. The van der Waals surface area contributed by atoms with Crippen molar-refractivity contribution in [3.05, 3.63) is 64.0 Å². The average Bonchev–Trinajstić information content (AvgIpc) is 3.42. The zero-order valence-electron chi connectivity index (χ0n) is 16.3. The van der Waals surface area contributed by atoms with E-state index in [9.17, 15) is 0 Å². The molecular weight excluding hydrogens is 426 g/mol. The molecule has 6 nitrogen and oxygen atoms in total. The van der Waals surface area contributed by atoms with Gasteiger partial charge in [0.1, 0.15) is 15.8 Å². The molecule has 0 saturated carbocycles. The molecule has 0 N–H and O–H groups in total. The maximum Gasteiger partial charge on any atom is 0.192 e.